The molecule has 0 fully saturated rings. The Bertz CT molecular complexity index is 567. The molecule has 1 aromatic heterocycles. The SMILES string of the molecule is CCC(C)[C@H](NP(=O)(OC(C)C)OC(C)C)C(=O)Nc1ccncc1. The van der Waals surface area contributed by atoms with Crippen molar-refractivity contribution in [1.29, 1.82) is 0 Å². The Labute approximate surface area is 150 Å². The molecule has 1 aromatic rings. The van der Waals surface area contributed by atoms with E-state index in [4.69, 9.17) is 9.05 Å². The lowest BCUT2D eigenvalue weighted by Crippen LogP contribution is -2.44. The number of aromatic nitrogens is 1. The van der Waals surface area contributed by atoms with Crippen LogP contribution in [0.4, 0.5) is 5.69 Å². The fourth-order valence-corrected chi connectivity index (χ4v) is 4.14. The average molecular weight is 371 g/mol. The Morgan fingerprint density at radius 1 is 1.12 bits per heavy atom. The van der Waals surface area contributed by atoms with Crippen molar-refractivity contribution >= 4 is 19.3 Å². The number of nitrogens with zero attached hydrogens (tertiary/aromatic N) is 1. The second-order valence-corrected chi connectivity index (χ2v) is 8.20. The van der Waals surface area contributed by atoms with Crippen molar-refractivity contribution in [2.45, 2.75) is 66.2 Å². The molecule has 0 bridgehead atoms. The van der Waals surface area contributed by atoms with Crippen LogP contribution in [-0.2, 0) is 18.4 Å². The van der Waals surface area contributed by atoms with Crippen molar-refractivity contribution in [2.75, 3.05) is 5.32 Å². The van der Waals surface area contributed by atoms with Crippen molar-refractivity contribution < 1.29 is 18.4 Å². The normalized spacial score (nSPS) is 14.6. The molecule has 2 N–H and O–H groups in total. The smallest absolute Gasteiger partial charge is 0.325 e. The molecule has 2 atom stereocenters. The Hall–Kier alpha value is -1.27. The van der Waals surface area contributed by atoms with Gasteiger partial charge in [0.05, 0.1) is 18.2 Å². The van der Waals surface area contributed by atoms with Crippen LogP contribution in [0.25, 0.3) is 0 Å². The summed E-state index contributed by atoms with van der Waals surface area (Å²) in [7, 11) is -3.64. The first-order chi connectivity index (χ1) is 11.7. The molecule has 0 aliphatic carbocycles. The second kappa shape index (κ2) is 10.0. The standard InChI is InChI=1S/C17H30N3O4P/c1-7-14(6)16(17(21)19-15-8-10-18-11-9-15)20-25(22,23-12(2)3)24-13(4)5/h8-14,16H,7H2,1-6H3,(H,20,22)(H,18,19,21)/t14?,16-/m0/s1. The lowest BCUT2D eigenvalue weighted by Gasteiger charge is -2.30. The van der Waals surface area contributed by atoms with Crippen molar-refractivity contribution in [3.63, 3.8) is 0 Å². The zero-order valence-corrected chi connectivity index (χ0v) is 16.7. The van der Waals surface area contributed by atoms with E-state index < -0.39 is 13.8 Å². The van der Waals surface area contributed by atoms with Gasteiger partial charge >= 0.3 is 7.75 Å². The zero-order chi connectivity index (χ0) is 19.0. The zero-order valence-electron chi connectivity index (χ0n) is 15.9. The molecule has 0 saturated heterocycles. The molecule has 7 nitrogen and oxygen atoms in total. The van der Waals surface area contributed by atoms with E-state index in [0.717, 1.165) is 6.42 Å². The van der Waals surface area contributed by atoms with Gasteiger partial charge in [-0.05, 0) is 45.7 Å². The summed E-state index contributed by atoms with van der Waals surface area (Å²) in [5.74, 6) is -0.359. The molecule has 1 unspecified atom stereocenters. The maximum atomic E-state index is 13.1. The molecule has 0 spiro atoms. The van der Waals surface area contributed by atoms with Crippen LogP contribution in [0.1, 0.15) is 48.0 Å². The van der Waals surface area contributed by atoms with E-state index in [9.17, 15) is 9.36 Å². The average Bonchev–Trinajstić information content (AvgIpc) is 2.51. The minimum absolute atomic E-state index is 0.0679. The van der Waals surface area contributed by atoms with Gasteiger partial charge in [0.15, 0.2) is 0 Å². The third-order valence-corrected chi connectivity index (χ3v) is 5.43. The Morgan fingerprint density at radius 3 is 2.08 bits per heavy atom. The number of pyridine rings is 1. The molecule has 0 saturated carbocycles. The fourth-order valence-electron chi connectivity index (χ4n) is 2.15. The lowest BCUT2D eigenvalue weighted by atomic mass is 9.99. The molecular weight excluding hydrogens is 341 g/mol. The van der Waals surface area contributed by atoms with Crippen LogP contribution in [0.3, 0.4) is 0 Å². The monoisotopic (exact) mass is 371 g/mol. The number of hydrogen-bond donors (Lipinski definition) is 2. The summed E-state index contributed by atoms with van der Waals surface area (Å²) in [5, 5.41) is 5.66. The molecule has 0 aliphatic heterocycles. The topological polar surface area (TPSA) is 89.5 Å². The Kier molecular flexibility index (Phi) is 8.73. The number of carbonyl (C=O) groups excluding carboxylic acids is 1. The van der Waals surface area contributed by atoms with Gasteiger partial charge in [0.1, 0.15) is 0 Å². The molecule has 25 heavy (non-hydrogen) atoms. The number of rotatable bonds is 10. The molecule has 142 valence electrons. The van der Waals surface area contributed by atoms with Gasteiger partial charge < -0.3 is 5.32 Å². The van der Waals surface area contributed by atoms with Crippen LogP contribution in [-0.4, -0.2) is 29.1 Å². The van der Waals surface area contributed by atoms with Crippen LogP contribution >= 0.6 is 7.75 Å². The van der Waals surface area contributed by atoms with Crippen molar-refractivity contribution in [2.24, 2.45) is 5.92 Å². The largest absolute Gasteiger partial charge is 0.406 e. The van der Waals surface area contributed by atoms with Gasteiger partial charge in [-0.3, -0.25) is 18.8 Å². The van der Waals surface area contributed by atoms with E-state index in [0.29, 0.717) is 5.69 Å². The second-order valence-electron chi connectivity index (χ2n) is 6.52. The first-order valence-electron chi connectivity index (χ1n) is 8.62. The molecular formula is C17H30N3O4P. The lowest BCUT2D eigenvalue weighted by molar-refractivity contribution is -0.119. The highest BCUT2D eigenvalue weighted by Crippen LogP contribution is 2.47. The van der Waals surface area contributed by atoms with E-state index in [-0.39, 0.29) is 24.0 Å². The van der Waals surface area contributed by atoms with Gasteiger partial charge in [-0.15, -0.1) is 0 Å². The predicted octanol–water partition coefficient (Wildman–Crippen LogP) is 3.98. The van der Waals surface area contributed by atoms with Crippen LogP contribution in [0.15, 0.2) is 24.5 Å². The number of hydrogen-bond acceptors (Lipinski definition) is 5. The highest BCUT2D eigenvalue weighted by molar-refractivity contribution is 7.51. The summed E-state index contributed by atoms with van der Waals surface area (Å²) in [6.45, 7) is 11.0. The van der Waals surface area contributed by atoms with Gasteiger partial charge in [-0.2, -0.15) is 0 Å². The van der Waals surface area contributed by atoms with Crippen molar-refractivity contribution in [3.8, 4) is 0 Å². The number of anilines is 1. The Balaban J connectivity index is 2.99. The first kappa shape index (κ1) is 21.8. The van der Waals surface area contributed by atoms with Crippen molar-refractivity contribution in [1.82, 2.24) is 10.1 Å². The van der Waals surface area contributed by atoms with Gasteiger partial charge in [-0.1, -0.05) is 20.3 Å². The molecule has 1 amide bonds. The third kappa shape index (κ3) is 7.65. The fraction of sp³-hybridized carbons (Fsp3) is 0.647. The number of amides is 1. The molecule has 1 rings (SSSR count). The maximum absolute atomic E-state index is 13.1. The quantitative estimate of drug-likeness (QED) is 0.605. The summed E-state index contributed by atoms with van der Waals surface area (Å²) < 4.78 is 24.1. The number of carbonyl (C=O) groups is 1. The first-order valence-corrected chi connectivity index (χ1v) is 10.2. The molecule has 8 heteroatoms. The molecule has 0 aromatic carbocycles. The summed E-state index contributed by atoms with van der Waals surface area (Å²) >= 11 is 0. The highest BCUT2D eigenvalue weighted by atomic mass is 31.2. The minimum Gasteiger partial charge on any atom is -0.325 e. The van der Waals surface area contributed by atoms with E-state index in [1.54, 1.807) is 52.2 Å². The van der Waals surface area contributed by atoms with Gasteiger partial charge in [0.2, 0.25) is 5.91 Å². The van der Waals surface area contributed by atoms with Crippen LogP contribution in [0, 0.1) is 5.92 Å². The number of nitrogens with one attached hydrogen (secondary N) is 2. The summed E-state index contributed by atoms with van der Waals surface area (Å²) in [4.78, 5) is 16.7. The Morgan fingerprint density at radius 2 is 1.64 bits per heavy atom. The van der Waals surface area contributed by atoms with E-state index in [2.05, 4.69) is 15.4 Å². The minimum atomic E-state index is -3.64. The van der Waals surface area contributed by atoms with Crippen molar-refractivity contribution in [3.05, 3.63) is 24.5 Å². The van der Waals surface area contributed by atoms with Crippen LogP contribution < -0.4 is 10.4 Å². The van der Waals surface area contributed by atoms with Gasteiger partial charge in [0, 0.05) is 18.1 Å². The van der Waals surface area contributed by atoms with E-state index in [1.165, 1.54) is 0 Å². The summed E-state index contributed by atoms with van der Waals surface area (Å²) in [6.07, 6.45) is 3.30. The van der Waals surface area contributed by atoms with Gasteiger partial charge in [0.25, 0.3) is 0 Å². The summed E-state index contributed by atoms with van der Waals surface area (Å²) in [6, 6.07) is 2.67. The molecule has 0 aliphatic rings. The highest BCUT2D eigenvalue weighted by Gasteiger charge is 2.36. The van der Waals surface area contributed by atoms with E-state index >= 15 is 0 Å². The van der Waals surface area contributed by atoms with Crippen LogP contribution in [0.5, 0.6) is 0 Å². The molecule has 1 heterocycles. The van der Waals surface area contributed by atoms with Crippen LogP contribution in [0.2, 0.25) is 0 Å². The molecule has 0 radical (unpaired) electrons. The third-order valence-electron chi connectivity index (χ3n) is 3.44. The van der Waals surface area contributed by atoms with E-state index in [1.807, 2.05) is 13.8 Å². The maximum Gasteiger partial charge on any atom is 0.406 e. The van der Waals surface area contributed by atoms with Gasteiger partial charge in [-0.25, -0.2) is 9.65 Å². The predicted molar refractivity (Wildman–Crippen MR) is 99.3 cm³/mol. The summed E-state index contributed by atoms with van der Waals surface area (Å²) in [5.41, 5.74) is 0.625.